The van der Waals surface area contributed by atoms with Crippen LogP contribution in [0.15, 0.2) is 65.6 Å². The van der Waals surface area contributed by atoms with Crippen molar-refractivity contribution in [2.75, 3.05) is 20.2 Å². The molecule has 0 spiro atoms. The first kappa shape index (κ1) is 35.4. The van der Waals surface area contributed by atoms with Gasteiger partial charge in [0.15, 0.2) is 0 Å². The number of pyridine rings is 1. The molecule has 0 bridgehead atoms. The van der Waals surface area contributed by atoms with Crippen LogP contribution < -0.4 is 26.2 Å². The molecular formula is C37H36Cl2FN7O5. The number of benzene rings is 2. The molecule has 1 unspecified atom stereocenters. The molecule has 270 valence electrons. The maximum atomic E-state index is 14.1. The number of hydrogen-bond acceptors (Lipinski definition) is 8. The highest BCUT2D eigenvalue weighted by Crippen LogP contribution is 2.43. The molecule has 5 aromatic rings. The molecule has 1 aliphatic heterocycles. The number of alkyl halides is 1. The minimum Gasteiger partial charge on any atom is -0.481 e. The van der Waals surface area contributed by atoms with Gasteiger partial charge in [-0.3, -0.25) is 14.2 Å². The number of nitrogens with zero attached hydrogens (tertiary/aromatic N) is 4. The first-order valence-corrected chi connectivity index (χ1v) is 17.6. The molecule has 1 saturated carbocycles. The summed E-state index contributed by atoms with van der Waals surface area (Å²) in [6, 6.07) is 16.3. The van der Waals surface area contributed by atoms with Crippen LogP contribution in [-0.2, 0) is 29.7 Å². The van der Waals surface area contributed by atoms with Gasteiger partial charge < -0.3 is 25.4 Å². The number of rotatable bonds is 12. The second-order valence-corrected chi connectivity index (χ2v) is 13.8. The number of carbonyl (C=O) groups excluding carboxylic acids is 2. The van der Waals surface area contributed by atoms with Crippen molar-refractivity contribution < 1.29 is 23.5 Å². The number of methoxy groups -OCH3 is 1. The van der Waals surface area contributed by atoms with Crippen molar-refractivity contribution >= 4 is 40.7 Å². The Labute approximate surface area is 308 Å². The first-order chi connectivity index (χ1) is 25.0. The summed E-state index contributed by atoms with van der Waals surface area (Å²) >= 11 is 14.1. The monoisotopic (exact) mass is 747 g/mol. The van der Waals surface area contributed by atoms with Gasteiger partial charge in [-0.2, -0.15) is 5.10 Å². The minimum atomic E-state index is -1.16. The lowest BCUT2D eigenvalue weighted by Crippen LogP contribution is -2.38. The highest BCUT2D eigenvalue weighted by Gasteiger charge is 2.42. The van der Waals surface area contributed by atoms with Crippen LogP contribution in [0, 0.1) is 0 Å². The molecule has 12 nitrogen and oxygen atoms in total. The summed E-state index contributed by atoms with van der Waals surface area (Å²) in [7, 11) is 3.13. The van der Waals surface area contributed by atoms with Gasteiger partial charge in [-0.1, -0.05) is 59.6 Å². The second kappa shape index (κ2) is 14.6. The highest BCUT2D eigenvalue weighted by atomic mass is 35.5. The van der Waals surface area contributed by atoms with Gasteiger partial charge in [0.2, 0.25) is 11.8 Å². The fraction of sp³-hybridized carbons (Fsp3) is 0.324. The molecule has 7 rings (SSSR count). The maximum absolute atomic E-state index is 14.1. The van der Waals surface area contributed by atoms with Crippen LogP contribution in [0.2, 0.25) is 10.0 Å². The SMILES string of the molecule is COc1nc(-c2cccc(-c3cccc(-c4cc5c(=O)n(C)c(CNCC6(F)CC6)nn5c4)c3Cl)c2Cl)ccc1COC(=O)NCC1CCC(=O)N1. The van der Waals surface area contributed by atoms with Crippen molar-refractivity contribution in [2.24, 2.45) is 7.05 Å². The number of ether oxygens (including phenoxy) is 2. The molecule has 3 aromatic heterocycles. The summed E-state index contributed by atoms with van der Waals surface area (Å²) in [6.45, 7) is 0.676. The number of carbonyl (C=O) groups is 2. The summed E-state index contributed by atoms with van der Waals surface area (Å²) in [4.78, 5) is 41.6. The molecule has 0 radical (unpaired) electrons. The Morgan fingerprint density at radius 2 is 1.77 bits per heavy atom. The predicted molar refractivity (Wildman–Crippen MR) is 195 cm³/mol. The fourth-order valence-corrected chi connectivity index (χ4v) is 6.89. The molecule has 2 aliphatic rings. The lowest BCUT2D eigenvalue weighted by Gasteiger charge is -2.15. The van der Waals surface area contributed by atoms with E-state index < -0.39 is 11.8 Å². The van der Waals surface area contributed by atoms with Crippen molar-refractivity contribution in [1.82, 2.24) is 35.1 Å². The van der Waals surface area contributed by atoms with Crippen LogP contribution in [-0.4, -0.2) is 63.1 Å². The van der Waals surface area contributed by atoms with E-state index in [1.54, 1.807) is 31.4 Å². The Morgan fingerprint density at radius 3 is 2.46 bits per heavy atom. The predicted octanol–water partition coefficient (Wildman–Crippen LogP) is 5.84. The van der Waals surface area contributed by atoms with E-state index in [1.807, 2.05) is 36.4 Å². The molecule has 2 amide bonds. The number of aromatic nitrogens is 4. The smallest absolute Gasteiger partial charge is 0.407 e. The van der Waals surface area contributed by atoms with Crippen molar-refractivity contribution in [3.63, 3.8) is 0 Å². The Bertz CT molecular complexity index is 2250. The molecule has 3 N–H and O–H groups in total. The zero-order valence-electron chi connectivity index (χ0n) is 28.5. The minimum absolute atomic E-state index is 0.0293. The van der Waals surface area contributed by atoms with E-state index in [1.165, 1.54) is 16.2 Å². The molecule has 1 aliphatic carbocycles. The third-order valence-electron chi connectivity index (χ3n) is 9.40. The average molecular weight is 749 g/mol. The number of fused-ring (bicyclic) bond motifs is 1. The Morgan fingerprint density at radius 1 is 1.06 bits per heavy atom. The van der Waals surface area contributed by atoms with Gasteiger partial charge in [-0.25, -0.2) is 18.7 Å². The molecule has 1 atom stereocenters. The standard InChI is InChI=1S/C37H36Cl2FN7O5/c1-46-30(17-41-20-37(40)13-14-37)45-47-18-22(15-29(47)35(46)49)24-5-3-6-25(32(24)38)26-7-4-8-27(33(26)39)28-11-9-21(34(44-28)51-2)19-52-36(50)42-16-23-10-12-31(48)43-23/h3-9,11,15,18,23,41H,10,12-14,16-17,19-20H2,1-2H3,(H,42,50)(H,43,48). The van der Waals surface area contributed by atoms with E-state index in [0.717, 1.165) is 0 Å². The third-order valence-corrected chi connectivity index (χ3v) is 10.2. The van der Waals surface area contributed by atoms with Gasteiger partial charge in [0.25, 0.3) is 5.56 Å². The molecule has 2 aromatic carbocycles. The Hall–Kier alpha value is -4.98. The van der Waals surface area contributed by atoms with E-state index in [9.17, 15) is 18.8 Å². The zero-order valence-corrected chi connectivity index (χ0v) is 30.0. The third kappa shape index (κ3) is 7.34. The van der Waals surface area contributed by atoms with Crippen LogP contribution >= 0.6 is 23.2 Å². The van der Waals surface area contributed by atoms with Crippen LogP contribution in [0.25, 0.3) is 39.0 Å². The van der Waals surface area contributed by atoms with Crippen molar-refractivity contribution in [1.29, 1.82) is 0 Å². The number of nitrogens with one attached hydrogen (secondary N) is 3. The number of alkyl carbamates (subject to hydrolysis) is 1. The van der Waals surface area contributed by atoms with Crippen LogP contribution in [0.3, 0.4) is 0 Å². The molecule has 2 fully saturated rings. The summed E-state index contributed by atoms with van der Waals surface area (Å²) in [5, 5.41) is 14.0. The van der Waals surface area contributed by atoms with Gasteiger partial charge in [0.05, 0.1) is 35.0 Å². The molecule has 4 heterocycles. The number of hydrogen-bond donors (Lipinski definition) is 3. The molecule has 15 heteroatoms. The van der Waals surface area contributed by atoms with E-state index in [-0.39, 0.29) is 49.6 Å². The van der Waals surface area contributed by atoms with Crippen LogP contribution in [0.4, 0.5) is 9.18 Å². The summed E-state index contributed by atoms with van der Waals surface area (Å²) in [6.07, 6.45) is 3.33. The zero-order chi connectivity index (χ0) is 36.6. The number of amides is 2. The van der Waals surface area contributed by atoms with Gasteiger partial charge in [-0.15, -0.1) is 0 Å². The summed E-state index contributed by atoms with van der Waals surface area (Å²) < 4.78 is 28.0. The highest BCUT2D eigenvalue weighted by molar-refractivity contribution is 6.39. The van der Waals surface area contributed by atoms with Crippen LogP contribution in [0.5, 0.6) is 5.88 Å². The van der Waals surface area contributed by atoms with E-state index in [2.05, 4.69) is 26.0 Å². The number of halogens is 3. The Balaban J connectivity index is 1.11. The summed E-state index contributed by atoms with van der Waals surface area (Å²) in [5.41, 5.74) is 3.42. The van der Waals surface area contributed by atoms with Crippen LogP contribution in [0.1, 0.15) is 37.1 Å². The normalized spacial score (nSPS) is 16.2. The molecular weight excluding hydrogens is 712 g/mol. The van der Waals surface area contributed by atoms with Gasteiger partial charge >= 0.3 is 6.09 Å². The van der Waals surface area contributed by atoms with Crippen molar-refractivity contribution in [2.45, 2.75) is 50.5 Å². The second-order valence-electron chi connectivity index (χ2n) is 13.1. The topological polar surface area (TPSA) is 141 Å². The first-order valence-electron chi connectivity index (χ1n) is 16.8. The maximum Gasteiger partial charge on any atom is 0.407 e. The largest absolute Gasteiger partial charge is 0.481 e. The lowest BCUT2D eigenvalue weighted by atomic mass is 9.97. The molecule has 1 saturated heterocycles. The van der Waals surface area contributed by atoms with Gasteiger partial charge in [0.1, 0.15) is 23.6 Å². The fourth-order valence-electron chi connectivity index (χ4n) is 6.22. The average Bonchev–Trinajstić information content (AvgIpc) is 3.49. The van der Waals surface area contributed by atoms with Gasteiger partial charge in [-0.05, 0) is 37.5 Å². The quantitative estimate of drug-likeness (QED) is 0.145. The van der Waals surface area contributed by atoms with E-state index in [4.69, 9.17) is 32.7 Å². The summed E-state index contributed by atoms with van der Waals surface area (Å²) in [5.74, 6) is 0.720. The Kier molecular flexibility index (Phi) is 9.92. The van der Waals surface area contributed by atoms with Crippen molar-refractivity contribution in [3.05, 3.63) is 92.6 Å². The molecule has 52 heavy (non-hydrogen) atoms. The lowest BCUT2D eigenvalue weighted by molar-refractivity contribution is -0.119. The van der Waals surface area contributed by atoms with E-state index in [0.29, 0.717) is 86.1 Å². The van der Waals surface area contributed by atoms with E-state index >= 15 is 0 Å². The van der Waals surface area contributed by atoms with Gasteiger partial charge in [0, 0.05) is 66.6 Å². The van der Waals surface area contributed by atoms with Crippen molar-refractivity contribution in [3.8, 4) is 39.4 Å².